The second-order valence-electron chi connectivity index (χ2n) is 5.10. The van der Waals surface area contributed by atoms with E-state index in [2.05, 4.69) is 14.7 Å². The number of nitrogens with zero attached hydrogens (tertiary/aromatic N) is 1. The van der Waals surface area contributed by atoms with Gasteiger partial charge in [0.25, 0.3) is 10.0 Å². The van der Waals surface area contributed by atoms with Gasteiger partial charge in [0.05, 0.1) is 17.2 Å². The molecule has 0 saturated carbocycles. The highest BCUT2D eigenvalue weighted by Crippen LogP contribution is 2.17. The van der Waals surface area contributed by atoms with Gasteiger partial charge in [-0.3, -0.25) is 0 Å². The predicted octanol–water partition coefficient (Wildman–Crippen LogP) is 3.39. The molecule has 26 heavy (non-hydrogen) atoms. The molecule has 1 N–H and O–H groups in total. The molecule has 0 spiro atoms. The average Bonchev–Trinajstić information content (AvgIpc) is 2.61. The van der Waals surface area contributed by atoms with Gasteiger partial charge < -0.3 is 9.47 Å². The lowest BCUT2D eigenvalue weighted by Gasteiger charge is -2.08. The molecule has 0 amide bonds. The molecule has 0 bridgehead atoms. The van der Waals surface area contributed by atoms with E-state index in [-0.39, 0.29) is 10.6 Å². The molecule has 0 radical (unpaired) electrons. The fourth-order valence-electron chi connectivity index (χ4n) is 2.01. The molecular weight excluding hydrogens is 366 g/mol. The lowest BCUT2D eigenvalue weighted by atomic mass is 10.1. The van der Waals surface area contributed by atoms with Crippen LogP contribution in [0.1, 0.15) is 19.4 Å². The van der Waals surface area contributed by atoms with E-state index < -0.39 is 16.6 Å². The molecule has 0 saturated heterocycles. The number of halogens is 2. The van der Waals surface area contributed by atoms with Crippen LogP contribution in [0.25, 0.3) is 0 Å². The first-order valence-electron chi connectivity index (χ1n) is 7.66. The molecule has 0 aromatic heterocycles. The lowest BCUT2D eigenvalue weighted by molar-refractivity contribution is -0.0498. The highest BCUT2D eigenvalue weighted by atomic mass is 32.2. The van der Waals surface area contributed by atoms with Crippen molar-refractivity contribution in [3.8, 4) is 11.5 Å². The zero-order valence-electron chi connectivity index (χ0n) is 14.1. The Hall–Kier alpha value is -2.68. The van der Waals surface area contributed by atoms with Gasteiger partial charge in [-0.05, 0) is 67.9 Å². The third-order valence-electron chi connectivity index (χ3n) is 3.28. The van der Waals surface area contributed by atoms with Crippen LogP contribution in [-0.4, -0.2) is 27.3 Å². The number of hydrogen-bond acceptors (Lipinski definition) is 5. The Labute approximate surface area is 150 Å². The van der Waals surface area contributed by atoms with Crippen LogP contribution in [0.2, 0.25) is 0 Å². The van der Waals surface area contributed by atoms with E-state index in [4.69, 9.17) is 4.74 Å². The molecule has 2 aromatic rings. The minimum atomic E-state index is -3.84. The second-order valence-corrected chi connectivity index (χ2v) is 6.76. The van der Waals surface area contributed by atoms with Gasteiger partial charge in [0, 0.05) is 0 Å². The first-order chi connectivity index (χ1) is 12.3. The first-order valence-corrected chi connectivity index (χ1v) is 9.14. The first kappa shape index (κ1) is 19.6. The Morgan fingerprint density at radius 1 is 1.08 bits per heavy atom. The van der Waals surface area contributed by atoms with Crippen molar-refractivity contribution in [2.75, 3.05) is 6.61 Å². The maximum atomic E-state index is 12.3. The molecule has 9 heteroatoms. The molecule has 0 aliphatic heterocycles. The molecule has 140 valence electrons. The van der Waals surface area contributed by atoms with Crippen molar-refractivity contribution in [1.29, 1.82) is 0 Å². The Morgan fingerprint density at radius 3 is 2.19 bits per heavy atom. The smallest absolute Gasteiger partial charge is 0.387 e. The molecule has 0 unspecified atom stereocenters. The van der Waals surface area contributed by atoms with Crippen LogP contribution in [0, 0.1) is 0 Å². The number of alkyl halides is 2. The molecule has 2 rings (SSSR count). The van der Waals surface area contributed by atoms with Crippen molar-refractivity contribution in [2.45, 2.75) is 25.4 Å². The predicted molar refractivity (Wildman–Crippen MR) is 93.2 cm³/mol. The van der Waals surface area contributed by atoms with Crippen molar-refractivity contribution in [3.63, 3.8) is 0 Å². The molecule has 0 heterocycles. The van der Waals surface area contributed by atoms with Crippen LogP contribution in [0.15, 0.2) is 58.5 Å². The Bertz CT molecular complexity index is 851. The van der Waals surface area contributed by atoms with E-state index in [1.54, 1.807) is 19.1 Å². The Kier molecular flexibility index (Phi) is 6.51. The highest BCUT2D eigenvalue weighted by molar-refractivity contribution is 7.89. The van der Waals surface area contributed by atoms with Gasteiger partial charge >= 0.3 is 6.61 Å². The second kappa shape index (κ2) is 8.61. The van der Waals surface area contributed by atoms with Crippen molar-refractivity contribution in [3.05, 3.63) is 54.1 Å². The summed E-state index contributed by atoms with van der Waals surface area (Å²) in [4.78, 5) is 2.18. The van der Waals surface area contributed by atoms with E-state index in [1.165, 1.54) is 36.4 Å². The van der Waals surface area contributed by atoms with Crippen molar-refractivity contribution in [1.82, 2.24) is 4.83 Å². The highest BCUT2D eigenvalue weighted by Gasteiger charge is 2.13. The molecule has 2 aromatic carbocycles. The molecule has 0 atom stereocenters. The van der Waals surface area contributed by atoms with Crippen LogP contribution < -0.4 is 14.3 Å². The van der Waals surface area contributed by atoms with Crippen LogP contribution in [0.5, 0.6) is 11.5 Å². The largest absolute Gasteiger partial charge is 0.494 e. The van der Waals surface area contributed by atoms with E-state index in [0.29, 0.717) is 23.6 Å². The van der Waals surface area contributed by atoms with Crippen molar-refractivity contribution >= 4 is 15.7 Å². The summed E-state index contributed by atoms with van der Waals surface area (Å²) in [7, 11) is -3.84. The van der Waals surface area contributed by atoms with Gasteiger partial charge in [0.1, 0.15) is 11.5 Å². The van der Waals surface area contributed by atoms with Gasteiger partial charge in [-0.1, -0.05) is 0 Å². The number of ether oxygens (including phenoxy) is 2. The summed E-state index contributed by atoms with van der Waals surface area (Å²) >= 11 is 0. The maximum absolute atomic E-state index is 12.3. The van der Waals surface area contributed by atoms with Crippen molar-refractivity contribution in [2.24, 2.45) is 5.10 Å². The standard InChI is InChI=1S/C17H18F2N2O4S/c1-3-24-14-8-10-16(11-9-14)26(22,23)21-20-12(2)13-4-6-15(7-5-13)25-17(18)19/h4-11,17,21H,3H2,1-2H3. The van der Waals surface area contributed by atoms with Gasteiger partial charge in [-0.2, -0.15) is 27.1 Å². The average molecular weight is 384 g/mol. The number of benzene rings is 2. The summed E-state index contributed by atoms with van der Waals surface area (Å²) < 4.78 is 58.3. The van der Waals surface area contributed by atoms with Gasteiger partial charge in [-0.15, -0.1) is 0 Å². The van der Waals surface area contributed by atoms with Crippen LogP contribution in [-0.2, 0) is 10.0 Å². The molecule has 6 nitrogen and oxygen atoms in total. The Balaban J connectivity index is 2.08. The minimum absolute atomic E-state index is 0.00604. The van der Waals surface area contributed by atoms with Crippen LogP contribution in [0.3, 0.4) is 0 Å². The molecular formula is C17H18F2N2O4S. The van der Waals surface area contributed by atoms with Crippen LogP contribution >= 0.6 is 0 Å². The SMILES string of the molecule is CCOc1ccc(S(=O)(=O)NN=C(C)c2ccc(OC(F)F)cc2)cc1. The zero-order chi connectivity index (χ0) is 19.2. The summed E-state index contributed by atoms with van der Waals surface area (Å²) in [6, 6.07) is 11.6. The van der Waals surface area contributed by atoms with Crippen LogP contribution in [0.4, 0.5) is 8.78 Å². The summed E-state index contributed by atoms with van der Waals surface area (Å²) in [5.41, 5.74) is 0.920. The van der Waals surface area contributed by atoms with E-state index in [0.717, 1.165) is 0 Å². The lowest BCUT2D eigenvalue weighted by Crippen LogP contribution is -2.20. The monoisotopic (exact) mass is 384 g/mol. The number of sulfonamides is 1. The zero-order valence-corrected chi connectivity index (χ0v) is 15.0. The normalized spacial score (nSPS) is 12.1. The summed E-state index contributed by atoms with van der Waals surface area (Å²) in [5.74, 6) is 0.573. The van der Waals surface area contributed by atoms with E-state index >= 15 is 0 Å². The number of hydrogen-bond donors (Lipinski definition) is 1. The van der Waals surface area contributed by atoms with E-state index in [1.807, 2.05) is 6.92 Å². The number of rotatable bonds is 8. The molecule has 0 aliphatic carbocycles. The summed E-state index contributed by atoms with van der Waals surface area (Å²) in [6.07, 6.45) is 0. The summed E-state index contributed by atoms with van der Waals surface area (Å²) in [5, 5.41) is 3.85. The molecule has 0 fully saturated rings. The number of hydrazone groups is 1. The van der Waals surface area contributed by atoms with Gasteiger partial charge in [-0.25, -0.2) is 0 Å². The third-order valence-corrected chi connectivity index (χ3v) is 4.50. The number of nitrogens with one attached hydrogen (secondary N) is 1. The van der Waals surface area contributed by atoms with Gasteiger partial charge in [0.15, 0.2) is 0 Å². The maximum Gasteiger partial charge on any atom is 0.387 e. The Morgan fingerprint density at radius 2 is 1.65 bits per heavy atom. The minimum Gasteiger partial charge on any atom is -0.494 e. The summed E-state index contributed by atoms with van der Waals surface area (Å²) in [6.45, 7) is 0.991. The molecule has 0 aliphatic rings. The third kappa shape index (κ3) is 5.41. The fraction of sp³-hybridized carbons (Fsp3) is 0.235. The van der Waals surface area contributed by atoms with E-state index in [9.17, 15) is 17.2 Å². The topological polar surface area (TPSA) is 77.0 Å². The fourth-order valence-corrected chi connectivity index (χ4v) is 2.86. The van der Waals surface area contributed by atoms with Gasteiger partial charge in [0.2, 0.25) is 0 Å². The quantitative estimate of drug-likeness (QED) is 0.559. The van der Waals surface area contributed by atoms with Crippen molar-refractivity contribution < 1.29 is 26.7 Å².